The highest BCUT2D eigenvalue weighted by molar-refractivity contribution is 7.90. The van der Waals surface area contributed by atoms with Gasteiger partial charge in [0, 0.05) is 30.9 Å². The van der Waals surface area contributed by atoms with Crippen LogP contribution in [0.15, 0.2) is 24.5 Å². The number of aromatic nitrogens is 2. The second-order valence-electron chi connectivity index (χ2n) is 5.05. The lowest BCUT2D eigenvalue weighted by molar-refractivity contribution is 0.572. The van der Waals surface area contributed by atoms with E-state index in [1.807, 2.05) is 12.1 Å². The molecule has 2 aromatic rings. The van der Waals surface area contributed by atoms with Gasteiger partial charge in [-0.25, -0.2) is 18.1 Å². The Balaban J connectivity index is 2.15. The lowest BCUT2D eigenvalue weighted by Crippen LogP contribution is -2.32. The first-order chi connectivity index (χ1) is 9.45. The Bertz CT molecular complexity index is 690. The van der Waals surface area contributed by atoms with E-state index >= 15 is 0 Å². The van der Waals surface area contributed by atoms with Crippen LogP contribution in [-0.2, 0) is 23.0 Å². The third kappa shape index (κ3) is 3.02. The number of sulfonamides is 1. The molecular weight excluding hydrogens is 274 g/mol. The average Bonchev–Trinajstić information content (AvgIpc) is 2.77. The van der Waals surface area contributed by atoms with E-state index in [-0.39, 0.29) is 0 Å². The predicted molar refractivity (Wildman–Crippen MR) is 81.2 cm³/mol. The maximum atomic E-state index is 11.7. The molecule has 1 N–H and O–H groups in total. The maximum Gasteiger partial charge on any atom is 0.213 e. The fourth-order valence-corrected chi connectivity index (χ4v) is 2.85. The maximum absolute atomic E-state index is 11.7. The van der Waals surface area contributed by atoms with Crippen molar-refractivity contribution in [3.05, 3.63) is 30.1 Å². The molecule has 0 aliphatic heterocycles. The molecule has 5 nitrogen and oxygen atoms in total. The van der Waals surface area contributed by atoms with Crippen molar-refractivity contribution in [2.45, 2.75) is 39.0 Å². The van der Waals surface area contributed by atoms with Gasteiger partial charge in [-0.3, -0.25) is 0 Å². The monoisotopic (exact) mass is 295 g/mol. The van der Waals surface area contributed by atoms with Gasteiger partial charge in [-0.1, -0.05) is 0 Å². The topological polar surface area (TPSA) is 64.0 Å². The van der Waals surface area contributed by atoms with Crippen LogP contribution in [0.25, 0.3) is 11.0 Å². The summed E-state index contributed by atoms with van der Waals surface area (Å²) in [6.45, 7) is 6.69. The molecule has 0 amide bonds. The zero-order valence-corrected chi connectivity index (χ0v) is 12.9. The number of rotatable bonds is 6. The molecule has 0 aromatic carbocycles. The Hall–Kier alpha value is -1.40. The van der Waals surface area contributed by atoms with Gasteiger partial charge in [0.25, 0.3) is 0 Å². The molecule has 0 aliphatic rings. The van der Waals surface area contributed by atoms with E-state index in [4.69, 9.17) is 0 Å². The molecule has 0 aliphatic carbocycles. The van der Waals surface area contributed by atoms with E-state index in [2.05, 4.69) is 27.4 Å². The lowest BCUT2D eigenvalue weighted by atomic mass is 10.2. The van der Waals surface area contributed by atoms with Crippen LogP contribution in [0.5, 0.6) is 0 Å². The molecule has 0 unspecified atom stereocenters. The second-order valence-corrected chi connectivity index (χ2v) is 7.37. The van der Waals surface area contributed by atoms with Crippen LogP contribution in [0.3, 0.4) is 0 Å². The first-order valence-electron chi connectivity index (χ1n) is 6.87. The summed E-state index contributed by atoms with van der Waals surface area (Å²) in [6.07, 6.45) is 4.50. The van der Waals surface area contributed by atoms with Crippen molar-refractivity contribution in [1.29, 1.82) is 0 Å². The Morgan fingerprint density at radius 2 is 2.15 bits per heavy atom. The smallest absolute Gasteiger partial charge is 0.213 e. The van der Waals surface area contributed by atoms with Crippen LogP contribution in [0.4, 0.5) is 0 Å². The molecule has 0 radical (unpaired) electrons. The van der Waals surface area contributed by atoms with E-state index < -0.39 is 15.3 Å². The largest absolute Gasteiger partial charge is 0.333 e. The molecule has 0 saturated carbocycles. The van der Waals surface area contributed by atoms with Crippen molar-refractivity contribution in [2.75, 3.05) is 6.54 Å². The summed E-state index contributed by atoms with van der Waals surface area (Å²) < 4.78 is 28.2. The predicted octanol–water partition coefficient (Wildman–Crippen LogP) is 1.93. The van der Waals surface area contributed by atoms with Gasteiger partial charge in [0.2, 0.25) is 10.0 Å². The molecule has 0 atom stereocenters. The second kappa shape index (κ2) is 5.93. The molecule has 0 fully saturated rings. The van der Waals surface area contributed by atoms with Crippen molar-refractivity contribution in [3.63, 3.8) is 0 Å². The summed E-state index contributed by atoms with van der Waals surface area (Å²) in [4.78, 5) is 4.38. The third-order valence-corrected chi connectivity index (χ3v) is 5.22. The highest BCUT2D eigenvalue weighted by atomic mass is 32.2. The Kier molecular flexibility index (Phi) is 4.45. The van der Waals surface area contributed by atoms with Gasteiger partial charge in [-0.05, 0) is 44.9 Å². The third-order valence-electron chi connectivity index (χ3n) is 3.38. The van der Waals surface area contributed by atoms with Gasteiger partial charge >= 0.3 is 0 Å². The quantitative estimate of drug-likeness (QED) is 0.885. The van der Waals surface area contributed by atoms with E-state index in [9.17, 15) is 8.42 Å². The first kappa shape index (κ1) is 15.0. The molecule has 0 saturated heterocycles. The number of pyridine rings is 1. The average molecular weight is 295 g/mol. The Morgan fingerprint density at radius 3 is 2.80 bits per heavy atom. The van der Waals surface area contributed by atoms with Gasteiger partial charge in [-0.15, -0.1) is 0 Å². The SMILES string of the molecule is CCn1cc(CCNS(=O)(=O)C(C)C)c2cccnc21. The molecule has 0 bridgehead atoms. The van der Waals surface area contributed by atoms with Gasteiger partial charge < -0.3 is 4.57 Å². The highest BCUT2D eigenvalue weighted by Gasteiger charge is 2.15. The fraction of sp³-hybridized carbons (Fsp3) is 0.500. The summed E-state index contributed by atoms with van der Waals surface area (Å²) in [5.74, 6) is 0. The van der Waals surface area contributed by atoms with E-state index in [0.29, 0.717) is 13.0 Å². The van der Waals surface area contributed by atoms with Crippen LogP contribution >= 0.6 is 0 Å². The lowest BCUT2D eigenvalue weighted by Gasteiger charge is -2.08. The number of hydrogen-bond donors (Lipinski definition) is 1. The van der Waals surface area contributed by atoms with Gasteiger partial charge in [0.15, 0.2) is 0 Å². The molecule has 2 rings (SSSR count). The van der Waals surface area contributed by atoms with Crippen molar-refractivity contribution in [2.24, 2.45) is 0 Å². The molecule has 0 spiro atoms. The number of hydrogen-bond acceptors (Lipinski definition) is 3. The minimum absolute atomic E-state index is 0.402. The summed E-state index contributed by atoms with van der Waals surface area (Å²) in [5.41, 5.74) is 2.08. The van der Waals surface area contributed by atoms with Crippen LogP contribution in [-0.4, -0.2) is 29.8 Å². The molecule has 6 heteroatoms. The molecule has 2 heterocycles. The van der Waals surface area contributed by atoms with Crippen LogP contribution < -0.4 is 4.72 Å². The number of nitrogens with one attached hydrogen (secondary N) is 1. The fourth-order valence-electron chi connectivity index (χ4n) is 2.13. The highest BCUT2D eigenvalue weighted by Crippen LogP contribution is 2.19. The Labute approximate surface area is 120 Å². The van der Waals surface area contributed by atoms with Gasteiger partial charge in [-0.2, -0.15) is 0 Å². The zero-order valence-electron chi connectivity index (χ0n) is 12.1. The van der Waals surface area contributed by atoms with Crippen LogP contribution in [0, 0.1) is 0 Å². The van der Waals surface area contributed by atoms with E-state index in [1.54, 1.807) is 20.0 Å². The molecule has 110 valence electrons. The molecule has 2 aromatic heterocycles. The van der Waals surface area contributed by atoms with Crippen molar-refractivity contribution < 1.29 is 8.42 Å². The zero-order chi connectivity index (χ0) is 14.8. The van der Waals surface area contributed by atoms with Gasteiger partial charge in [0.05, 0.1) is 5.25 Å². The number of fused-ring (bicyclic) bond motifs is 1. The van der Waals surface area contributed by atoms with E-state index in [0.717, 1.165) is 23.1 Å². The minimum Gasteiger partial charge on any atom is -0.333 e. The molecular formula is C14H21N3O2S. The normalized spacial score (nSPS) is 12.4. The van der Waals surface area contributed by atoms with Crippen molar-refractivity contribution in [3.8, 4) is 0 Å². The molecule has 20 heavy (non-hydrogen) atoms. The standard InChI is InChI=1S/C14H21N3O2S/c1-4-17-10-12(13-6-5-8-15-14(13)17)7-9-16-20(18,19)11(2)3/h5-6,8,10-11,16H,4,7,9H2,1-3H3. The van der Waals surface area contributed by atoms with Crippen LogP contribution in [0.2, 0.25) is 0 Å². The minimum atomic E-state index is -3.19. The van der Waals surface area contributed by atoms with Crippen molar-refractivity contribution >= 4 is 21.1 Å². The summed E-state index contributed by atoms with van der Waals surface area (Å²) in [7, 11) is -3.19. The van der Waals surface area contributed by atoms with Crippen LogP contribution in [0.1, 0.15) is 26.3 Å². The van der Waals surface area contributed by atoms with Gasteiger partial charge in [0.1, 0.15) is 5.65 Å². The van der Waals surface area contributed by atoms with E-state index in [1.165, 1.54) is 0 Å². The summed E-state index contributed by atoms with van der Waals surface area (Å²) >= 11 is 0. The number of nitrogens with zero attached hydrogens (tertiary/aromatic N) is 2. The van der Waals surface area contributed by atoms with Crippen molar-refractivity contribution in [1.82, 2.24) is 14.3 Å². The summed E-state index contributed by atoms with van der Waals surface area (Å²) in [5, 5.41) is 0.694. The number of aryl methyl sites for hydroxylation is 1. The summed E-state index contributed by atoms with van der Waals surface area (Å²) in [6, 6.07) is 3.94. The first-order valence-corrected chi connectivity index (χ1v) is 8.41. The Morgan fingerprint density at radius 1 is 1.40 bits per heavy atom.